The Morgan fingerprint density at radius 3 is 2.07 bits per heavy atom. The van der Waals surface area contributed by atoms with E-state index in [4.69, 9.17) is 0 Å². The van der Waals surface area contributed by atoms with Crippen molar-refractivity contribution in [3.63, 3.8) is 0 Å². The van der Waals surface area contributed by atoms with Gasteiger partial charge in [-0.05, 0) is 12.5 Å². The quantitative estimate of drug-likeness (QED) is 0.597. The van der Waals surface area contributed by atoms with Crippen molar-refractivity contribution < 1.29 is 0 Å². The number of nitrogens with one attached hydrogen (secondary N) is 1. The molecule has 0 fully saturated rings. The van der Waals surface area contributed by atoms with Crippen LogP contribution in [0.25, 0.3) is 0 Å². The van der Waals surface area contributed by atoms with Crippen LogP contribution in [0.15, 0.2) is 25.3 Å². The maximum atomic E-state index is 3.77. The Balaban J connectivity index is 4.10. The first-order chi connectivity index (χ1) is 6.55. The summed E-state index contributed by atoms with van der Waals surface area (Å²) in [6.07, 6.45) is 3.89. The second-order valence-corrected chi connectivity index (χ2v) is 4.47. The molecule has 0 rings (SSSR count). The van der Waals surface area contributed by atoms with Crippen molar-refractivity contribution in [3.05, 3.63) is 25.3 Å². The van der Waals surface area contributed by atoms with Crippen LogP contribution in [0.4, 0.5) is 0 Å². The Kier molecular flexibility index (Phi) is 6.50. The summed E-state index contributed by atoms with van der Waals surface area (Å²) in [6.45, 7) is 16.0. The minimum Gasteiger partial charge on any atom is -0.319 e. The van der Waals surface area contributed by atoms with Crippen LogP contribution in [0.1, 0.15) is 13.8 Å². The Bertz CT molecular complexity index is 163. The molecule has 0 aromatic carbocycles. The molecule has 0 amide bonds. The molecule has 14 heavy (non-hydrogen) atoms. The van der Waals surface area contributed by atoms with E-state index in [0.717, 1.165) is 26.2 Å². The summed E-state index contributed by atoms with van der Waals surface area (Å²) in [5, 5.41) is 3.22. The van der Waals surface area contributed by atoms with Crippen LogP contribution in [0.2, 0.25) is 0 Å². The fraction of sp³-hybridized carbons (Fsp3) is 0.667. The summed E-state index contributed by atoms with van der Waals surface area (Å²) in [7, 11) is 1.99. The van der Waals surface area contributed by atoms with Gasteiger partial charge in [-0.15, -0.1) is 13.2 Å². The van der Waals surface area contributed by atoms with Crippen LogP contribution in [-0.2, 0) is 0 Å². The van der Waals surface area contributed by atoms with Crippen LogP contribution in [0.3, 0.4) is 0 Å². The molecular formula is C12H24N2. The molecule has 0 spiro atoms. The lowest BCUT2D eigenvalue weighted by molar-refractivity contribution is 0.205. The molecule has 0 bridgehead atoms. The Labute approximate surface area is 88.7 Å². The van der Waals surface area contributed by atoms with Gasteiger partial charge >= 0.3 is 0 Å². The molecule has 2 nitrogen and oxygen atoms in total. The molecule has 0 saturated carbocycles. The number of hydrogen-bond donors (Lipinski definition) is 1. The summed E-state index contributed by atoms with van der Waals surface area (Å²) >= 11 is 0. The van der Waals surface area contributed by atoms with Crippen LogP contribution in [0.5, 0.6) is 0 Å². The highest BCUT2D eigenvalue weighted by Gasteiger charge is 2.19. The van der Waals surface area contributed by atoms with Crippen LogP contribution in [-0.4, -0.2) is 38.1 Å². The van der Waals surface area contributed by atoms with E-state index in [1.165, 1.54) is 0 Å². The zero-order valence-corrected chi connectivity index (χ0v) is 9.84. The SMILES string of the molecule is C=CCN(CC=C)CC(C)(C)CNC. The van der Waals surface area contributed by atoms with Crippen molar-refractivity contribution in [1.29, 1.82) is 0 Å². The fourth-order valence-corrected chi connectivity index (χ4v) is 1.71. The van der Waals surface area contributed by atoms with Gasteiger partial charge < -0.3 is 5.32 Å². The molecule has 0 aromatic heterocycles. The van der Waals surface area contributed by atoms with E-state index < -0.39 is 0 Å². The summed E-state index contributed by atoms with van der Waals surface area (Å²) in [4.78, 5) is 2.34. The molecule has 2 heteroatoms. The van der Waals surface area contributed by atoms with Crippen molar-refractivity contribution in [2.45, 2.75) is 13.8 Å². The van der Waals surface area contributed by atoms with Crippen molar-refractivity contribution in [2.75, 3.05) is 33.2 Å². The third kappa shape index (κ3) is 5.95. The first-order valence-electron chi connectivity index (χ1n) is 5.14. The van der Waals surface area contributed by atoms with E-state index in [1.807, 2.05) is 19.2 Å². The van der Waals surface area contributed by atoms with Gasteiger partial charge in [-0.3, -0.25) is 4.90 Å². The normalized spacial score (nSPS) is 11.7. The molecule has 0 atom stereocenters. The van der Waals surface area contributed by atoms with Crippen molar-refractivity contribution in [1.82, 2.24) is 10.2 Å². The second kappa shape index (κ2) is 6.80. The standard InChI is InChI=1S/C12H24N2/c1-6-8-14(9-7-2)11-12(3,4)10-13-5/h6-7,13H,1-2,8-11H2,3-5H3. The molecule has 0 aliphatic carbocycles. The number of hydrogen-bond acceptors (Lipinski definition) is 2. The first-order valence-corrected chi connectivity index (χ1v) is 5.14. The lowest BCUT2D eigenvalue weighted by Crippen LogP contribution is -2.39. The first kappa shape index (κ1) is 13.4. The molecule has 0 aromatic rings. The van der Waals surface area contributed by atoms with E-state index >= 15 is 0 Å². The lowest BCUT2D eigenvalue weighted by atomic mass is 9.92. The average Bonchev–Trinajstić information content (AvgIpc) is 2.03. The predicted octanol–water partition coefficient (Wildman–Crippen LogP) is 1.91. The maximum Gasteiger partial charge on any atom is 0.0164 e. The zero-order valence-electron chi connectivity index (χ0n) is 9.84. The second-order valence-electron chi connectivity index (χ2n) is 4.47. The van der Waals surface area contributed by atoms with Crippen LogP contribution < -0.4 is 5.32 Å². The Morgan fingerprint density at radius 1 is 1.21 bits per heavy atom. The average molecular weight is 196 g/mol. The van der Waals surface area contributed by atoms with Crippen LogP contribution >= 0.6 is 0 Å². The van der Waals surface area contributed by atoms with Gasteiger partial charge in [0.2, 0.25) is 0 Å². The molecule has 0 aliphatic heterocycles. The van der Waals surface area contributed by atoms with Gasteiger partial charge in [0.1, 0.15) is 0 Å². The molecular weight excluding hydrogens is 172 g/mol. The zero-order chi connectivity index (χ0) is 11.0. The molecule has 1 N–H and O–H groups in total. The third-order valence-corrected chi connectivity index (χ3v) is 2.08. The van der Waals surface area contributed by atoms with E-state index in [2.05, 4.69) is 37.2 Å². The molecule has 0 unspecified atom stereocenters. The van der Waals surface area contributed by atoms with Crippen molar-refractivity contribution in [3.8, 4) is 0 Å². The van der Waals surface area contributed by atoms with Gasteiger partial charge in [0, 0.05) is 26.2 Å². The largest absolute Gasteiger partial charge is 0.319 e. The smallest absolute Gasteiger partial charge is 0.0164 e. The summed E-state index contributed by atoms with van der Waals surface area (Å²) in [5.74, 6) is 0. The molecule has 0 saturated heterocycles. The van der Waals surface area contributed by atoms with E-state index in [-0.39, 0.29) is 0 Å². The van der Waals surface area contributed by atoms with E-state index in [9.17, 15) is 0 Å². The minimum atomic E-state index is 0.292. The van der Waals surface area contributed by atoms with Gasteiger partial charge in [0.25, 0.3) is 0 Å². The number of rotatable bonds is 8. The van der Waals surface area contributed by atoms with Gasteiger partial charge in [0.05, 0.1) is 0 Å². The fourth-order valence-electron chi connectivity index (χ4n) is 1.71. The van der Waals surface area contributed by atoms with E-state index in [0.29, 0.717) is 5.41 Å². The molecule has 82 valence electrons. The summed E-state index contributed by atoms with van der Waals surface area (Å²) in [6, 6.07) is 0. The predicted molar refractivity (Wildman–Crippen MR) is 64.5 cm³/mol. The van der Waals surface area contributed by atoms with Gasteiger partial charge in [-0.1, -0.05) is 26.0 Å². The Hall–Kier alpha value is -0.600. The summed E-state index contributed by atoms with van der Waals surface area (Å²) < 4.78 is 0. The van der Waals surface area contributed by atoms with Crippen molar-refractivity contribution in [2.24, 2.45) is 5.41 Å². The van der Waals surface area contributed by atoms with E-state index in [1.54, 1.807) is 0 Å². The van der Waals surface area contributed by atoms with Gasteiger partial charge in [-0.25, -0.2) is 0 Å². The summed E-state index contributed by atoms with van der Waals surface area (Å²) in [5.41, 5.74) is 0.292. The van der Waals surface area contributed by atoms with Gasteiger partial charge in [-0.2, -0.15) is 0 Å². The lowest BCUT2D eigenvalue weighted by Gasteiger charge is -2.31. The topological polar surface area (TPSA) is 15.3 Å². The van der Waals surface area contributed by atoms with Crippen LogP contribution in [0, 0.1) is 5.41 Å². The third-order valence-electron chi connectivity index (χ3n) is 2.08. The minimum absolute atomic E-state index is 0.292. The monoisotopic (exact) mass is 196 g/mol. The Morgan fingerprint density at radius 2 is 1.71 bits per heavy atom. The highest BCUT2D eigenvalue weighted by molar-refractivity contribution is 4.84. The maximum absolute atomic E-state index is 3.77. The van der Waals surface area contributed by atoms with Crippen molar-refractivity contribution >= 4 is 0 Å². The molecule has 0 heterocycles. The molecule has 0 radical (unpaired) electrons. The number of nitrogens with zero attached hydrogens (tertiary/aromatic N) is 1. The van der Waals surface area contributed by atoms with Gasteiger partial charge in [0.15, 0.2) is 0 Å². The highest BCUT2D eigenvalue weighted by atomic mass is 15.1. The highest BCUT2D eigenvalue weighted by Crippen LogP contribution is 2.15. The molecule has 0 aliphatic rings.